The second kappa shape index (κ2) is 6.31. The molecular weight excluding hydrogens is 224 g/mol. The first-order valence-electron chi connectivity index (χ1n) is 6.40. The fraction of sp³-hybridized carbons (Fsp3) is 0.429. The Morgan fingerprint density at radius 2 is 2.22 bits per heavy atom. The monoisotopic (exact) mass is 244 g/mol. The van der Waals surface area contributed by atoms with Crippen LogP contribution in [0.1, 0.15) is 30.2 Å². The van der Waals surface area contributed by atoms with Crippen LogP contribution in [0.5, 0.6) is 0 Å². The van der Waals surface area contributed by atoms with Gasteiger partial charge in [0, 0.05) is 25.1 Å². The highest BCUT2D eigenvalue weighted by Gasteiger charge is 2.00. The standard InChI is InChI=1S/C14H20N4/c1-3-4-15-8-14-10-18(11-17-14)9-13-5-12(2)6-16-7-13/h5-7,10-11,15H,3-4,8-9H2,1-2H3. The Labute approximate surface area is 108 Å². The van der Waals surface area contributed by atoms with Crippen molar-refractivity contribution in [3.63, 3.8) is 0 Å². The maximum Gasteiger partial charge on any atom is 0.0953 e. The molecule has 4 heteroatoms. The molecule has 2 rings (SSSR count). The summed E-state index contributed by atoms with van der Waals surface area (Å²) >= 11 is 0. The third kappa shape index (κ3) is 3.67. The molecule has 0 aliphatic heterocycles. The van der Waals surface area contributed by atoms with E-state index in [-0.39, 0.29) is 0 Å². The van der Waals surface area contributed by atoms with Crippen LogP contribution in [0.3, 0.4) is 0 Å². The average Bonchev–Trinajstić information content (AvgIpc) is 2.77. The number of aryl methyl sites for hydroxylation is 1. The number of hydrogen-bond donors (Lipinski definition) is 1. The zero-order valence-electron chi connectivity index (χ0n) is 11.1. The molecule has 2 aromatic heterocycles. The first-order chi connectivity index (χ1) is 8.78. The number of pyridine rings is 1. The van der Waals surface area contributed by atoms with Gasteiger partial charge in [0.15, 0.2) is 0 Å². The van der Waals surface area contributed by atoms with Crippen molar-refractivity contribution < 1.29 is 0 Å². The van der Waals surface area contributed by atoms with Crippen molar-refractivity contribution >= 4 is 0 Å². The second-order valence-corrected chi connectivity index (χ2v) is 4.58. The first-order valence-corrected chi connectivity index (χ1v) is 6.40. The van der Waals surface area contributed by atoms with Crippen molar-refractivity contribution in [2.24, 2.45) is 0 Å². The van der Waals surface area contributed by atoms with Crippen molar-refractivity contribution in [1.29, 1.82) is 0 Å². The van der Waals surface area contributed by atoms with E-state index >= 15 is 0 Å². The average molecular weight is 244 g/mol. The van der Waals surface area contributed by atoms with Crippen LogP contribution in [-0.2, 0) is 13.1 Å². The van der Waals surface area contributed by atoms with Gasteiger partial charge in [0.25, 0.3) is 0 Å². The molecule has 2 heterocycles. The van der Waals surface area contributed by atoms with Gasteiger partial charge in [0.2, 0.25) is 0 Å². The van der Waals surface area contributed by atoms with E-state index in [1.165, 1.54) is 11.1 Å². The van der Waals surface area contributed by atoms with Crippen LogP contribution in [0.2, 0.25) is 0 Å². The molecule has 0 saturated carbocycles. The number of rotatable bonds is 6. The van der Waals surface area contributed by atoms with E-state index in [1.807, 2.05) is 18.7 Å². The second-order valence-electron chi connectivity index (χ2n) is 4.58. The minimum Gasteiger partial charge on any atom is -0.333 e. The van der Waals surface area contributed by atoms with Gasteiger partial charge in [-0.05, 0) is 31.0 Å². The number of imidazole rings is 1. The molecule has 0 bridgehead atoms. The molecule has 18 heavy (non-hydrogen) atoms. The largest absolute Gasteiger partial charge is 0.333 e. The number of nitrogens with zero attached hydrogens (tertiary/aromatic N) is 3. The van der Waals surface area contributed by atoms with E-state index in [0.717, 1.165) is 31.7 Å². The maximum atomic E-state index is 4.39. The molecule has 96 valence electrons. The summed E-state index contributed by atoms with van der Waals surface area (Å²) in [5, 5.41) is 3.35. The highest BCUT2D eigenvalue weighted by Crippen LogP contribution is 2.05. The van der Waals surface area contributed by atoms with Crippen molar-refractivity contribution in [2.75, 3.05) is 6.54 Å². The Morgan fingerprint density at radius 1 is 1.33 bits per heavy atom. The molecule has 0 aliphatic rings. The Bertz CT molecular complexity index is 490. The molecular formula is C14H20N4. The van der Waals surface area contributed by atoms with Gasteiger partial charge >= 0.3 is 0 Å². The third-order valence-electron chi connectivity index (χ3n) is 2.72. The molecule has 0 aromatic carbocycles. The molecule has 0 amide bonds. The smallest absolute Gasteiger partial charge is 0.0953 e. The number of hydrogen-bond acceptors (Lipinski definition) is 3. The van der Waals surface area contributed by atoms with Crippen LogP contribution in [0.15, 0.2) is 31.0 Å². The Balaban J connectivity index is 1.94. The Hall–Kier alpha value is -1.68. The lowest BCUT2D eigenvalue weighted by molar-refractivity contribution is 0.665. The summed E-state index contributed by atoms with van der Waals surface area (Å²) in [4.78, 5) is 8.59. The van der Waals surface area contributed by atoms with Gasteiger partial charge in [-0.3, -0.25) is 4.98 Å². The predicted octanol–water partition coefficient (Wildman–Crippen LogP) is 2.13. The predicted molar refractivity (Wildman–Crippen MR) is 72.3 cm³/mol. The van der Waals surface area contributed by atoms with Gasteiger partial charge in [-0.1, -0.05) is 13.0 Å². The molecule has 0 saturated heterocycles. The van der Waals surface area contributed by atoms with E-state index < -0.39 is 0 Å². The van der Waals surface area contributed by atoms with Gasteiger partial charge in [-0.2, -0.15) is 0 Å². The molecule has 0 aliphatic carbocycles. The summed E-state index contributed by atoms with van der Waals surface area (Å²) in [6, 6.07) is 2.15. The topological polar surface area (TPSA) is 42.7 Å². The highest BCUT2D eigenvalue weighted by atomic mass is 15.0. The van der Waals surface area contributed by atoms with Crippen LogP contribution in [0.25, 0.3) is 0 Å². The number of aromatic nitrogens is 3. The van der Waals surface area contributed by atoms with Crippen molar-refractivity contribution in [2.45, 2.75) is 33.4 Å². The van der Waals surface area contributed by atoms with Crippen molar-refractivity contribution in [3.8, 4) is 0 Å². The van der Waals surface area contributed by atoms with E-state index in [1.54, 1.807) is 0 Å². The summed E-state index contributed by atoms with van der Waals surface area (Å²) in [6.07, 6.45) is 8.89. The summed E-state index contributed by atoms with van der Waals surface area (Å²) in [5.41, 5.74) is 3.49. The summed E-state index contributed by atoms with van der Waals surface area (Å²) in [7, 11) is 0. The quantitative estimate of drug-likeness (QED) is 0.792. The fourth-order valence-corrected chi connectivity index (χ4v) is 1.89. The van der Waals surface area contributed by atoms with E-state index in [9.17, 15) is 0 Å². The van der Waals surface area contributed by atoms with Gasteiger partial charge in [0.1, 0.15) is 0 Å². The van der Waals surface area contributed by atoms with Crippen LogP contribution < -0.4 is 5.32 Å². The third-order valence-corrected chi connectivity index (χ3v) is 2.72. The molecule has 1 N–H and O–H groups in total. The molecule has 0 fully saturated rings. The molecule has 0 radical (unpaired) electrons. The van der Waals surface area contributed by atoms with E-state index in [0.29, 0.717) is 0 Å². The first kappa shape index (κ1) is 12.8. The van der Waals surface area contributed by atoms with Crippen LogP contribution >= 0.6 is 0 Å². The SMILES string of the molecule is CCCNCc1cn(Cc2cncc(C)c2)cn1. The zero-order chi connectivity index (χ0) is 12.8. The van der Waals surface area contributed by atoms with E-state index in [2.05, 4.69) is 46.0 Å². The van der Waals surface area contributed by atoms with Gasteiger partial charge in [-0.15, -0.1) is 0 Å². The van der Waals surface area contributed by atoms with Gasteiger partial charge in [-0.25, -0.2) is 4.98 Å². The highest BCUT2D eigenvalue weighted by molar-refractivity contribution is 5.17. The molecule has 0 unspecified atom stereocenters. The lowest BCUT2D eigenvalue weighted by atomic mass is 10.2. The fourth-order valence-electron chi connectivity index (χ4n) is 1.89. The molecule has 0 spiro atoms. The van der Waals surface area contributed by atoms with Crippen LogP contribution in [-0.4, -0.2) is 21.1 Å². The van der Waals surface area contributed by atoms with Crippen molar-refractivity contribution in [3.05, 3.63) is 47.8 Å². The summed E-state index contributed by atoms with van der Waals surface area (Å²) < 4.78 is 2.10. The number of nitrogens with one attached hydrogen (secondary N) is 1. The minimum absolute atomic E-state index is 0.829. The Morgan fingerprint density at radius 3 is 3.00 bits per heavy atom. The van der Waals surface area contributed by atoms with Crippen LogP contribution in [0.4, 0.5) is 0 Å². The minimum atomic E-state index is 0.829. The maximum absolute atomic E-state index is 4.39. The van der Waals surface area contributed by atoms with E-state index in [4.69, 9.17) is 0 Å². The lowest BCUT2D eigenvalue weighted by Gasteiger charge is -2.02. The normalized spacial score (nSPS) is 10.8. The van der Waals surface area contributed by atoms with Gasteiger partial charge in [0.05, 0.1) is 18.6 Å². The zero-order valence-corrected chi connectivity index (χ0v) is 11.1. The summed E-state index contributed by atoms with van der Waals surface area (Å²) in [5.74, 6) is 0. The van der Waals surface area contributed by atoms with Crippen molar-refractivity contribution in [1.82, 2.24) is 19.9 Å². The van der Waals surface area contributed by atoms with Gasteiger partial charge < -0.3 is 9.88 Å². The Kier molecular flexibility index (Phi) is 4.47. The molecule has 2 aromatic rings. The molecule has 0 atom stereocenters. The van der Waals surface area contributed by atoms with Crippen LogP contribution in [0, 0.1) is 6.92 Å². The molecule has 4 nitrogen and oxygen atoms in total. The summed E-state index contributed by atoms with van der Waals surface area (Å²) in [6.45, 7) is 6.93. The lowest BCUT2D eigenvalue weighted by Crippen LogP contribution is -2.13.